The number of carbonyl (C=O) groups is 1. The zero-order valence-corrected chi connectivity index (χ0v) is 19.1. The fourth-order valence-electron chi connectivity index (χ4n) is 3.21. The molecule has 0 saturated heterocycles. The Morgan fingerprint density at radius 2 is 1.91 bits per heavy atom. The number of hydrogen-bond donors (Lipinski definition) is 2. The van der Waals surface area contributed by atoms with Gasteiger partial charge in [-0.1, -0.05) is 5.21 Å². The molecule has 180 valence electrons. The van der Waals surface area contributed by atoms with Gasteiger partial charge in [-0.25, -0.2) is 10.1 Å². The van der Waals surface area contributed by atoms with Gasteiger partial charge in [0.2, 0.25) is 11.6 Å². The number of hydrogen-bond acceptors (Lipinski definition) is 11. The molecular weight excluding hydrogens is 456 g/mol. The number of amides is 1. The molecule has 0 aliphatic carbocycles. The molecule has 0 radical (unpaired) electrons. The molecule has 0 unspecified atom stereocenters. The van der Waals surface area contributed by atoms with Crippen LogP contribution in [0.4, 0.5) is 5.82 Å². The zero-order valence-electron chi connectivity index (χ0n) is 19.1. The lowest BCUT2D eigenvalue weighted by atomic mass is 10.1. The van der Waals surface area contributed by atoms with E-state index in [2.05, 4.69) is 35.8 Å². The summed E-state index contributed by atoms with van der Waals surface area (Å²) in [5.74, 6) is 1.29. The van der Waals surface area contributed by atoms with E-state index in [4.69, 9.17) is 19.9 Å². The lowest BCUT2D eigenvalue weighted by molar-refractivity contribution is 0.0950. The molecule has 4 aromatic rings. The van der Waals surface area contributed by atoms with Crippen LogP contribution in [-0.4, -0.2) is 58.3 Å². The van der Waals surface area contributed by atoms with Gasteiger partial charge in [0.05, 0.1) is 27.0 Å². The summed E-state index contributed by atoms with van der Waals surface area (Å²) in [6, 6.07) is 12.2. The minimum absolute atomic E-state index is 0.0165. The molecule has 0 spiro atoms. The first-order valence-electron chi connectivity index (χ1n) is 10.4. The highest BCUT2D eigenvalue weighted by molar-refractivity contribution is 5.99. The van der Waals surface area contributed by atoms with Crippen LogP contribution in [0.25, 0.3) is 17.1 Å². The van der Waals surface area contributed by atoms with Crippen LogP contribution >= 0.6 is 0 Å². The smallest absolute Gasteiger partial charge is 0.294 e. The average Bonchev–Trinajstić information content (AvgIpc) is 3.50. The van der Waals surface area contributed by atoms with Crippen LogP contribution in [0.3, 0.4) is 0 Å². The third-order valence-corrected chi connectivity index (χ3v) is 4.83. The van der Waals surface area contributed by atoms with Gasteiger partial charge in [0.1, 0.15) is 22.9 Å². The molecule has 0 aliphatic rings. The van der Waals surface area contributed by atoms with Crippen molar-refractivity contribution in [3.63, 3.8) is 0 Å². The Morgan fingerprint density at radius 1 is 1.14 bits per heavy atom. The van der Waals surface area contributed by atoms with Gasteiger partial charge in [-0.2, -0.15) is 9.78 Å². The molecule has 35 heavy (non-hydrogen) atoms. The second-order valence-corrected chi connectivity index (χ2v) is 6.94. The third-order valence-electron chi connectivity index (χ3n) is 4.83. The number of nitrogens with one attached hydrogen (secondary N) is 1. The monoisotopic (exact) mass is 478 g/mol. The fourth-order valence-corrected chi connectivity index (χ4v) is 3.21. The molecule has 2 heterocycles. The standard InChI is InChI=1S/C22H22N8O5/c1-4-34-15-7-5-13(6-8-15)19-18(25-29-30(19)21-20(23)27-35-28-21)22(31)26-24-12-14-11-16(32-2)9-10-17(14)33-3/h5-12H,4H2,1-3H3,(H2,23,27)(H,26,31)/b24-12+. The molecule has 4 rings (SSSR count). The van der Waals surface area contributed by atoms with Crippen molar-refractivity contribution in [3.8, 4) is 34.3 Å². The number of nitrogens with two attached hydrogens (primary N) is 1. The molecule has 2 aromatic carbocycles. The van der Waals surface area contributed by atoms with E-state index in [1.807, 2.05) is 6.92 Å². The van der Waals surface area contributed by atoms with E-state index >= 15 is 0 Å². The number of nitrogen functional groups attached to an aromatic ring is 1. The molecule has 13 heteroatoms. The van der Waals surface area contributed by atoms with Crippen molar-refractivity contribution in [2.24, 2.45) is 5.10 Å². The van der Waals surface area contributed by atoms with E-state index in [0.29, 0.717) is 40.7 Å². The number of benzene rings is 2. The lowest BCUT2D eigenvalue weighted by Crippen LogP contribution is -2.19. The molecule has 0 fully saturated rings. The van der Waals surface area contributed by atoms with E-state index in [1.165, 1.54) is 18.0 Å². The number of hydrazone groups is 1. The number of aromatic nitrogens is 5. The highest BCUT2D eigenvalue weighted by Crippen LogP contribution is 2.28. The van der Waals surface area contributed by atoms with Gasteiger partial charge in [0.15, 0.2) is 5.69 Å². The molecule has 13 nitrogen and oxygen atoms in total. The van der Waals surface area contributed by atoms with Crippen molar-refractivity contribution in [2.45, 2.75) is 6.92 Å². The van der Waals surface area contributed by atoms with E-state index in [9.17, 15) is 4.79 Å². The Labute approximate surface area is 199 Å². The van der Waals surface area contributed by atoms with Crippen LogP contribution in [-0.2, 0) is 0 Å². The van der Waals surface area contributed by atoms with Crippen LogP contribution in [0.15, 0.2) is 52.2 Å². The van der Waals surface area contributed by atoms with Crippen molar-refractivity contribution < 1.29 is 23.6 Å². The van der Waals surface area contributed by atoms with Crippen LogP contribution in [0.1, 0.15) is 23.0 Å². The van der Waals surface area contributed by atoms with Gasteiger partial charge >= 0.3 is 0 Å². The van der Waals surface area contributed by atoms with Crippen molar-refractivity contribution in [2.75, 3.05) is 26.6 Å². The maximum absolute atomic E-state index is 13.0. The van der Waals surface area contributed by atoms with E-state index in [1.54, 1.807) is 49.6 Å². The third kappa shape index (κ3) is 4.88. The first kappa shape index (κ1) is 23.2. The first-order chi connectivity index (χ1) is 17.0. The Bertz CT molecular complexity index is 1350. The highest BCUT2D eigenvalue weighted by atomic mass is 16.6. The number of methoxy groups -OCH3 is 2. The van der Waals surface area contributed by atoms with Gasteiger partial charge < -0.3 is 19.9 Å². The van der Waals surface area contributed by atoms with Crippen molar-refractivity contribution in [3.05, 3.63) is 53.7 Å². The SMILES string of the molecule is CCOc1ccc(-c2c(C(=O)N/N=C/c3cc(OC)ccc3OC)nnn2-c2nonc2N)cc1. The predicted octanol–water partition coefficient (Wildman–Crippen LogP) is 2.08. The molecule has 0 bridgehead atoms. The van der Waals surface area contributed by atoms with E-state index in [-0.39, 0.29) is 17.3 Å². The van der Waals surface area contributed by atoms with Gasteiger partial charge in [-0.15, -0.1) is 5.10 Å². The predicted molar refractivity (Wildman–Crippen MR) is 125 cm³/mol. The van der Waals surface area contributed by atoms with Crippen molar-refractivity contribution in [1.29, 1.82) is 0 Å². The maximum Gasteiger partial charge on any atom is 0.294 e. The van der Waals surface area contributed by atoms with Crippen LogP contribution < -0.4 is 25.4 Å². The van der Waals surface area contributed by atoms with Crippen molar-refractivity contribution in [1.82, 2.24) is 30.7 Å². The largest absolute Gasteiger partial charge is 0.497 e. The number of nitrogens with zero attached hydrogens (tertiary/aromatic N) is 6. The fraction of sp³-hybridized carbons (Fsp3) is 0.182. The molecule has 1 amide bonds. The Hall–Kier alpha value is -4.94. The Kier molecular flexibility index (Phi) is 6.86. The van der Waals surface area contributed by atoms with Gasteiger partial charge in [0.25, 0.3) is 5.91 Å². The van der Waals surface area contributed by atoms with E-state index < -0.39 is 5.91 Å². The lowest BCUT2D eigenvalue weighted by Gasteiger charge is -2.08. The maximum atomic E-state index is 13.0. The molecule has 3 N–H and O–H groups in total. The molecular formula is C22H22N8O5. The quantitative estimate of drug-likeness (QED) is 0.269. The van der Waals surface area contributed by atoms with Crippen LogP contribution in [0, 0.1) is 0 Å². The number of carbonyl (C=O) groups excluding carboxylic acids is 1. The summed E-state index contributed by atoms with van der Waals surface area (Å²) in [5, 5.41) is 19.4. The molecule has 2 aromatic heterocycles. The minimum atomic E-state index is -0.617. The molecule has 0 saturated carbocycles. The van der Waals surface area contributed by atoms with E-state index in [0.717, 1.165) is 0 Å². The summed E-state index contributed by atoms with van der Waals surface area (Å²) in [7, 11) is 3.08. The molecule has 0 aliphatic heterocycles. The second-order valence-electron chi connectivity index (χ2n) is 6.94. The summed E-state index contributed by atoms with van der Waals surface area (Å²) < 4.78 is 22.0. The summed E-state index contributed by atoms with van der Waals surface area (Å²) >= 11 is 0. The topological polar surface area (TPSA) is 165 Å². The molecule has 0 atom stereocenters. The Morgan fingerprint density at radius 3 is 2.57 bits per heavy atom. The summed E-state index contributed by atoms with van der Waals surface area (Å²) in [4.78, 5) is 13.0. The van der Waals surface area contributed by atoms with Crippen molar-refractivity contribution >= 4 is 17.9 Å². The Balaban J connectivity index is 1.67. The highest BCUT2D eigenvalue weighted by Gasteiger charge is 2.25. The zero-order chi connectivity index (χ0) is 24.8. The first-order valence-corrected chi connectivity index (χ1v) is 10.4. The normalized spacial score (nSPS) is 10.9. The second kappa shape index (κ2) is 10.3. The van der Waals surface area contributed by atoms with Crippen LogP contribution in [0.5, 0.6) is 17.2 Å². The van der Waals surface area contributed by atoms with Crippen LogP contribution in [0.2, 0.25) is 0 Å². The summed E-state index contributed by atoms with van der Waals surface area (Å²) in [5.41, 5.74) is 9.78. The number of ether oxygens (including phenoxy) is 3. The number of anilines is 1. The van der Waals surface area contributed by atoms with Gasteiger partial charge in [-0.05, 0) is 59.7 Å². The van der Waals surface area contributed by atoms with Gasteiger partial charge in [-0.3, -0.25) is 4.79 Å². The van der Waals surface area contributed by atoms with Gasteiger partial charge in [0, 0.05) is 11.1 Å². The minimum Gasteiger partial charge on any atom is -0.497 e. The summed E-state index contributed by atoms with van der Waals surface area (Å²) in [6.45, 7) is 2.40. The number of rotatable bonds is 9. The average molecular weight is 478 g/mol. The summed E-state index contributed by atoms with van der Waals surface area (Å²) in [6.07, 6.45) is 1.43.